The summed E-state index contributed by atoms with van der Waals surface area (Å²) in [7, 11) is 2.19. The molecule has 0 heterocycles. The minimum atomic E-state index is 0.314. The first kappa shape index (κ1) is 14.9. The first-order valence-electron chi connectivity index (χ1n) is 6.34. The lowest BCUT2D eigenvalue weighted by Crippen LogP contribution is -2.43. The van der Waals surface area contributed by atoms with E-state index in [9.17, 15) is 0 Å². The third-order valence-electron chi connectivity index (χ3n) is 3.44. The van der Waals surface area contributed by atoms with Crippen LogP contribution >= 0.6 is 0 Å². The highest BCUT2D eigenvalue weighted by molar-refractivity contribution is 4.75. The smallest absolute Gasteiger partial charge is 0.0193 e. The van der Waals surface area contributed by atoms with Crippen LogP contribution in [0.5, 0.6) is 0 Å². The molecule has 2 nitrogen and oxygen atoms in total. The second kappa shape index (κ2) is 7.24. The van der Waals surface area contributed by atoms with Crippen LogP contribution in [0.1, 0.15) is 47.5 Å². The molecule has 2 N–H and O–H groups in total. The van der Waals surface area contributed by atoms with Gasteiger partial charge in [-0.25, -0.2) is 0 Å². The molecule has 0 saturated heterocycles. The summed E-state index contributed by atoms with van der Waals surface area (Å²) in [5.41, 5.74) is 6.16. The summed E-state index contributed by atoms with van der Waals surface area (Å²) in [4.78, 5) is 2.40. The predicted molar refractivity (Wildman–Crippen MR) is 69.0 cm³/mol. The Bertz CT molecular complexity index is 157. The summed E-state index contributed by atoms with van der Waals surface area (Å²) in [5, 5.41) is 0. The standard InChI is InChI=1S/C13H30N2/c1-7-11(4)13(14)9-15(6)12(5)8-10(2)3/h10-13H,7-9,14H2,1-6H3. The number of nitrogens with zero attached hydrogens (tertiary/aromatic N) is 1. The summed E-state index contributed by atoms with van der Waals surface area (Å²) in [6.45, 7) is 12.3. The highest BCUT2D eigenvalue weighted by Crippen LogP contribution is 2.12. The average molecular weight is 214 g/mol. The van der Waals surface area contributed by atoms with E-state index >= 15 is 0 Å². The number of hydrogen-bond donors (Lipinski definition) is 1. The highest BCUT2D eigenvalue weighted by Gasteiger charge is 2.17. The Morgan fingerprint density at radius 3 is 2.07 bits per heavy atom. The first-order valence-corrected chi connectivity index (χ1v) is 6.34. The molecule has 0 bridgehead atoms. The summed E-state index contributed by atoms with van der Waals surface area (Å²) in [5.74, 6) is 1.39. The van der Waals surface area contributed by atoms with E-state index in [1.165, 1.54) is 12.8 Å². The van der Waals surface area contributed by atoms with Crippen LogP contribution in [-0.2, 0) is 0 Å². The van der Waals surface area contributed by atoms with Crippen molar-refractivity contribution in [1.82, 2.24) is 4.90 Å². The molecular formula is C13H30N2. The Morgan fingerprint density at radius 1 is 1.13 bits per heavy atom. The minimum absolute atomic E-state index is 0.314. The van der Waals surface area contributed by atoms with Crippen LogP contribution in [0, 0.1) is 11.8 Å². The van der Waals surface area contributed by atoms with Crippen LogP contribution < -0.4 is 5.73 Å². The van der Waals surface area contributed by atoms with Crippen LogP contribution in [0.3, 0.4) is 0 Å². The first-order chi connectivity index (χ1) is 6.88. The van der Waals surface area contributed by atoms with Crippen molar-refractivity contribution in [3.8, 4) is 0 Å². The Balaban J connectivity index is 3.95. The van der Waals surface area contributed by atoms with E-state index in [-0.39, 0.29) is 0 Å². The van der Waals surface area contributed by atoms with Crippen molar-refractivity contribution in [2.24, 2.45) is 17.6 Å². The molecule has 0 spiro atoms. The van der Waals surface area contributed by atoms with Gasteiger partial charge < -0.3 is 10.6 Å². The molecule has 92 valence electrons. The molecule has 0 radical (unpaired) electrons. The average Bonchev–Trinajstić information content (AvgIpc) is 2.15. The number of hydrogen-bond acceptors (Lipinski definition) is 2. The molecular weight excluding hydrogens is 184 g/mol. The van der Waals surface area contributed by atoms with Gasteiger partial charge in [-0.3, -0.25) is 0 Å². The lowest BCUT2D eigenvalue weighted by molar-refractivity contribution is 0.199. The molecule has 0 amide bonds. The molecule has 3 atom stereocenters. The molecule has 0 fully saturated rings. The second-order valence-electron chi connectivity index (χ2n) is 5.47. The van der Waals surface area contributed by atoms with E-state index in [1.54, 1.807) is 0 Å². The number of nitrogens with two attached hydrogens (primary N) is 1. The Labute approximate surface area is 96.2 Å². The maximum Gasteiger partial charge on any atom is 0.0193 e. The van der Waals surface area contributed by atoms with Gasteiger partial charge in [0.1, 0.15) is 0 Å². The molecule has 0 aromatic heterocycles. The highest BCUT2D eigenvalue weighted by atomic mass is 15.1. The molecule has 0 aliphatic carbocycles. The van der Waals surface area contributed by atoms with Crippen molar-refractivity contribution in [3.05, 3.63) is 0 Å². The second-order valence-corrected chi connectivity index (χ2v) is 5.47. The van der Waals surface area contributed by atoms with Gasteiger partial charge in [-0.2, -0.15) is 0 Å². The van der Waals surface area contributed by atoms with Crippen LogP contribution in [0.15, 0.2) is 0 Å². The fourth-order valence-corrected chi connectivity index (χ4v) is 1.86. The molecule has 3 unspecified atom stereocenters. The van der Waals surface area contributed by atoms with Gasteiger partial charge in [0.2, 0.25) is 0 Å². The normalized spacial score (nSPS) is 18.2. The molecule has 0 aromatic rings. The molecule has 0 aliphatic heterocycles. The Kier molecular flexibility index (Phi) is 7.20. The van der Waals surface area contributed by atoms with Crippen molar-refractivity contribution in [1.29, 1.82) is 0 Å². The largest absolute Gasteiger partial charge is 0.326 e. The van der Waals surface area contributed by atoms with E-state index in [4.69, 9.17) is 5.73 Å². The van der Waals surface area contributed by atoms with E-state index in [1.807, 2.05) is 0 Å². The molecule has 0 aliphatic rings. The third-order valence-corrected chi connectivity index (χ3v) is 3.44. The van der Waals surface area contributed by atoms with E-state index in [2.05, 4.69) is 46.6 Å². The molecule has 15 heavy (non-hydrogen) atoms. The van der Waals surface area contributed by atoms with Gasteiger partial charge in [-0.1, -0.05) is 34.1 Å². The van der Waals surface area contributed by atoms with Gasteiger partial charge in [0, 0.05) is 18.6 Å². The van der Waals surface area contributed by atoms with Crippen LogP contribution in [0.25, 0.3) is 0 Å². The molecule has 0 aromatic carbocycles. The topological polar surface area (TPSA) is 29.3 Å². The van der Waals surface area contributed by atoms with Gasteiger partial charge in [0.15, 0.2) is 0 Å². The van der Waals surface area contributed by atoms with Crippen LogP contribution in [-0.4, -0.2) is 30.6 Å². The Morgan fingerprint density at radius 2 is 1.67 bits per heavy atom. The fourth-order valence-electron chi connectivity index (χ4n) is 1.86. The summed E-state index contributed by atoms with van der Waals surface area (Å²) >= 11 is 0. The summed E-state index contributed by atoms with van der Waals surface area (Å²) in [6, 6.07) is 0.953. The number of likely N-dealkylation sites (N-methyl/N-ethyl adjacent to an activating group) is 1. The SMILES string of the molecule is CCC(C)C(N)CN(C)C(C)CC(C)C. The van der Waals surface area contributed by atoms with Gasteiger partial charge >= 0.3 is 0 Å². The van der Waals surface area contributed by atoms with Crippen molar-refractivity contribution in [3.63, 3.8) is 0 Å². The summed E-state index contributed by atoms with van der Waals surface area (Å²) < 4.78 is 0. The van der Waals surface area contributed by atoms with Gasteiger partial charge in [-0.05, 0) is 32.2 Å². The quantitative estimate of drug-likeness (QED) is 0.706. The zero-order chi connectivity index (χ0) is 12.0. The molecule has 2 heteroatoms. The predicted octanol–water partition coefficient (Wildman–Crippen LogP) is 2.73. The monoisotopic (exact) mass is 214 g/mol. The van der Waals surface area contributed by atoms with Gasteiger partial charge in [-0.15, -0.1) is 0 Å². The van der Waals surface area contributed by atoms with Crippen molar-refractivity contribution < 1.29 is 0 Å². The van der Waals surface area contributed by atoms with Crippen LogP contribution in [0.2, 0.25) is 0 Å². The maximum absolute atomic E-state index is 6.16. The summed E-state index contributed by atoms with van der Waals surface area (Å²) in [6.07, 6.45) is 2.43. The van der Waals surface area contributed by atoms with Gasteiger partial charge in [0.05, 0.1) is 0 Å². The van der Waals surface area contributed by atoms with E-state index in [0.29, 0.717) is 18.0 Å². The van der Waals surface area contributed by atoms with Crippen molar-refractivity contribution >= 4 is 0 Å². The fraction of sp³-hybridized carbons (Fsp3) is 1.00. The zero-order valence-corrected chi connectivity index (χ0v) is 11.5. The number of rotatable bonds is 7. The zero-order valence-electron chi connectivity index (χ0n) is 11.5. The molecule has 0 saturated carbocycles. The molecule has 0 rings (SSSR count). The third kappa shape index (κ3) is 6.16. The Hall–Kier alpha value is -0.0800. The van der Waals surface area contributed by atoms with Crippen molar-refractivity contribution in [2.45, 2.75) is 59.5 Å². The lowest BCUT2D eigenvalue weighted by atomic mass is 9.98. The minimum Gasteiger partial charge on any atom is -0.326 e. The lowest BCUT2D eigenvalue weighted by Gasteiger charge is -2.30. The van der Waals surface area contributed by atoms with Gasteiger partial charge in [0.25, 0.3) is 0 Å². The van der Waals surface area contributed by atoms with E-state index < -0.39 is 0 Å². The van der Waals surface area contributed by atoms with Crippen molar-refractivity contribution in [2.75, 3.05) is 13.6 Å². The van der Waals surface area contributed by atoms with E-state index in [0.717, 1.165) is 12.5 Å². The maximum atomic E-state index is 6.16. The van der Waals surface area contributed by atoms with Crippen LogP contribution in [0.4, 0.5) is 0 Å².